The summed E-state index contributed by atoms with van der Waals surface area (Å²) in [5.74, 6) is 0. The molecule has 6 nitrogen and oxygen atoms in total. The van der Waals surface area contributed by atoms with Gasteiger partial charge in [-0.1, -0.05) is 6.42 Å². The van der Waals surface area contributed by atoms with Crippen LogP contribution in [0, 0.1) is 0 Å². The maximum atomic E-state index is 12.2. The van der Waals surface area contributed by atoms with E-state index in [2.05, 4.69) is 5.32 Å². The van der Waals surface area contributed by atoms with E-state index in [4.69, 9.17) is 10.5 Å². The number of hydrogen-bond donors (Lipinski definition) is 3. The van der Waals surface area contributed by atoms with Gasteiger partial charge in [0.15, 0.2) is 0 Å². The van der Waals surface area contributed by atoms with E-state index in [-0.39, 0.29) is 18.7 Å². The first-order valence-electron chi connectivity index (χ1n) is 8.32. The molecule has 0 aliphatic heterocycles. The summed E-state index contributed by atoms with van der Waals surface area (Å²) >= 11 is 0. The number of aliphatic hydroxyl groups excluding tert-OH is 1. The Bertz CT molecular complexity index is 342. The van der Waals surface area contributed by atoms with Crippen LogP contribution >= 0.6 is 0 Å². The molecule has 3 atom stereocenters. The summed E-state index contributed by atoms with van der Waals surface area (Å²) in [7, 11) is 0. The second kappa shape index (κ2) is 8.70. The van der Waals surface area contributed by atoms with Gasteiger partial charge in [-0.2, -0.15) is 0 Å². The number of carbonyl (C=O) groups excluding carboxylic acids is 1. The first-order chi connectivity index (χ1) is 10.2. The molecule has 1 amide bonds. The van der Waals surface area contributed by atoms with Crippen molar-refractivity contribution < 1.29 is 14.6 Å². The zero-order chi connectivity index (χ0) is 16.8. The Labute approximate surface area is 134 Å². The summed E-state index contributed by atoms with van der Waals surface area (Å²) in [4.78, 5) is 13.7. The molecule has 0 bridgehead atoms. The molecule has 6 heteroatoms. The summed E-state index contributed by atoms with van der Waals surface area (Å²) < 4.78 is 5.39. The number of rotatable bonds is 6. The number of amides is 1. The normalized spacial score (nSPS) is 23.9. The van der Waals surface area contributed by atoms with E-state index < -0.39 is 11.7 Å². The molecule has 3 unspecified atom stereocenters. The topological polar surface area (TPSA) is 87.8 Å². The number of nitrogens with one attached hydrogen (secondary N) is 1. The monoisotopic (exact) mass is 315 g/mol. The van der Waals surface area contributed by atoms with Gasteiger partial charge in [0.1, 0.15) is 5.60 Å². The van der Waals surface area contributed by atoms with Crippen LogP contribution < -0.4 is 11.1 Å². The van der Waals surface area contributed by atoms with Crippen molar-refractivity contribution in [2.45, 2.75) is 77.2 Å². The van der Waals surface area contributed by atoms with Crippen molar-refractivity contribution in [2.75, 3.05) is 19.6 Å². The van der Waals surface area contributed by atoms with Crippen LogP contribution in [0.2, 0.25) is 0 Å². The second-order valence-corrected chi connectivity index (χ2v) is 7.35. The number of carbonyl (C=O) groups is 1. The third-order valence-corrected chi connectivity index (χ3v) is 3.67. The summed E-state index contributed by atoms with van der Waals surface area (Å²) in [6, 6.07) is 0.710. The van der Waals surface area contributed by atoms with Gasteiger partial charge in [-0.15, -0.1) is 0 Å². The SMILES string of the molecule is CC(O)CN(CCNC1CCCC(N)C1)C(=O)OC(C)(C)C. The van der Waals surface area contributed by atoms with Crippen LogP contribution in [0.1, 0.15) is 53.4 Å². The Kier molecular flexibility index (Phi) is 7.59. The number of hydrogen-bond acceptors (Lipinski definition) is 5. The highest BCUT2D eigenvalue weighted by molar-refractivity contribution is 5.68. The van der Waals surface area contributed by atoms with E-state index in [0.717, 1.165) is 25.7 Å². The lowest BCUT2D eigenvalue weighted by Crippen LogP contribution is -2.46. The Morgan fingerprint density at radius 1 is 1.45 bits per heavy atom. The lowest BCUT2D eigenvalue weighted by Gasteiger charge is -2.30. The van der Waals surface area contributed by atoms with Crippen molar-refractivity contribution in [3.63, 3.8) is 0 Å². The van der Waals surface area contributed by atoms with Gasteiger partial charge >= 0.3 is 6.09 Å². The van der Waals surface area contributed by atoms with Crippen LogP contribution in [-0.4, -0.2) is 59.5 Å². The lowest BCUT2D eigenvalue weighted by atomic mass is 9.92. The zero-order valence-corrected chi connectivity index (χ0v) is 14.5. The predicted octanol–water partition coefficient (Wildman–Crippen LogP) is 1.46. The van der Waals surface area contributed by atoms with E-state index >= 15 is 0 Å². The maximum Gasteiger partial charge on any atom is 0.410 e. The van der Waals surface area contributed by atoms with Crippen LogP contribution in [0.5, 0.6) is 0 Å². The molecule has 0 aromatic heterocycles. The Morgan fingerprint density at radius 3 is 2.68 bits per heavy atom. The molecular formula is C16H33N3O3. The third kappa shape index (κ3) is 7.96. The third-order valence-electron chi connectivity index (χ3n) is 3.67. The fraction of sp³-hybridized carbons (Fsp3) is 0.938. The fourth-order valence-electron chi connectivity index (χ4n) is 2.72. The van der Waals surface area contributed by atoms with Crippen molar-refractivity contribution in [3.8, 4) is 0 Å². The minimum absolute atomic E-state index is 0.279. The lowest BCUT2D eigenvalue weighted by molar-refractivity contribution is 0.0162. The van der Waals surface area contributed by atoms with Gasteiger partial charge in [0.25, 0.3) is 0 Å². The van der Waals surface area contributed by atoms with Crippen molar-refractivity contribution >= 4 is 6.09 Å². The number of nitrogens with zero attached hydrogens (tertiary/aromatic N) is 1. The highest BCUT2D eigenvalue weighted by Crippen LogP contribution is 2.16. The number of aliphatic hydroxyl groups is 1. The summed E-state index contributed by atoms with van der Waals surface area (Å²) in [5, 5.41) is 13.0. The molecule has 1 fully saturated rings. The average Bonchev–Trinajstić information content (AvgIpc) is 2.35. The molecule has 0 radical (unpaired) electrons. The molecule has 1 aliphatic rings. The van der Waals surface area contributed by atoms with E-state index in [1.807, 2.05) is 20.8 Å². The molecule has 1 rings (SSSR count). The molecule has 0 heterocycles. The maximum absolute atomic E-state index is 12.2. The first kappa shape index (κ1) is 19.2. The van der Waals surface area contributed by atoms with Crippen LogP contribution in [0.4, 0.5) is 4.79 Å². The van der Waals surface area contributed by atoms with Crippen LogP contribution in [-0.2, 0) is 4.74 Å². The number of ether oxygens (including phenoxy) is 1. The summed E-state index contributed by atoms with van der Waals surface area (Å²) in [5.41, 5.74) is 5.45. The number of nitrogens with two attached hydrogens (primary N) is 1. The van der Waals surface area contributed by atoms with Crippen molar-refractivity contribution in [3.05, 3.63) is 0 Å². The molecule has 1 saturated carbocycles. The average molecular weight is 315 g/mol. The van der Waals surface area contributed by atoms with Crippen molar-refractivity contribution in [2.24, 2.45) is 5.73 Å². The molecule has 0 saturated heterocycles. The summed E-state index contributed by atoms with van der Waals surface area (Å²) in [6.07, 6.45) is 3.43. The van der Waals surface area contributed by atoms with Crippen molar-refractivity contribution in [1.82, 2.24) is 10.2 Å². The molecule has 1 aliphatic carbocycles. The van der Waals surface area contributed by atoms with Gasteiger partial charge in [-0.3, -0.25) is 0 Å². The Morgan fingerprint density at radius 2 is 2.14 bits per heavy atom. The largest absolute Gasteiger partial charge is 0.444 e. The molecule has 0 spiro atoms. The second-order valence-electron chi connectivity index (χ2n) is 7.35. The standard InChI is InChI=1S/C16H33N3O3/c1-12(20)11-19(15(21)22-16(2,3)4)9-8-18-14-7-5-6-13(17)10-14/h12-14,18,20H,5-11,17H2,1-4H3. The Balaban J connectivity index is 2.42. The highest BCUT2D eigenvalue weighted by Gasteiger charge is 2.24. The zero-order valence-electron chi connectivity index (χ0n) is 14.5. The first-order valence-corrected chi connectivity index (χ1v) is 8.32. The van der Waals surface area contributed by atoms with Gasteiger partial charge in [0.05, 0.1) is 6.10 Å². The van der Waals surface area contributed by atoms with Gasteiger partial charge in [0, 0.05) is 31.7 Å². The van der Waals surface area contributed by atoms with Gasteiger partial charge < -0.3 is 25.8 Å². The molecule has 22 heavy (non-hydrogen) atoms. The molecule has 4 N–H and O–H groups in total. The van der Waals surface area contributed by atoms with Crippen LogP contribution in [0.25, 0.3) is 0 Å². The highest BCUT2D eigenvalue weighted by atomic mass is 16.6. The van der Waals surface area contributed by atoms with E-state index in [0.29, 0.717) is 19.1 Å². The van der Waals surface area contributed by atoms with E-state index in [1.54, 1.807) is 11.8 Å². The van der Waals surface area contributed by atoms with E-state index in [1.165, 1.54) is 0 Å². The quantitative estimate of drug-likeness (QED) is 0.691. The van der Waals surface area contributed by atoms with Gasteiger partial charge in [0.2, 0.25) is 0 Å². The fourth-order valence-corrected chi connectivity index (χ4v) is 2.72. The molecule has 0 aromatic carbocycles. The molecule has 130 valence electrons. The smallest absolute Gasteiger partial charge is 0.410 e. The molecule has 0 aromatic rings. The predicted molar refractivity (Wildman–Crippen MR) is 87.7 cm³/mol. The minimum atomic E-state index is -0.573. The van der Waals surface area contributed by atoms with Gasteiger partial charge in [-0.25, -0.2) is 4.79 Å². The Hall–Kier alpha value is -0.850. The summed E-state index contributed by atoms with van der Waals surface area (Å²) in [6.45, 7) is 8.67. The van der Waals surface area contributed by atoms with Crippen molar-refractivity contribution in [1.29, 1.82) is 0 Å². The van der Waals surface area contributed by atoms with Gasteiger partial charge in [-0.05, 0) is 47.0 Å². The minimum Gasteiger partial charge on any atom is -0.444 e. The van der Waals surface area contributed by atoms with Crippen LogP contribution in [0.15, 0.2) is 0 Å². The molecular weight excluding hydrogens is 282 g/mol. The van der Waals surface area contributed by atoms with E-state index in [9.17, 15) is 9.90 Å². The van der Waals surface area contributed by atoms with Crippen LogP contribution in [0.3, 0.4) is 0 Å².